The Kier molecular flexibility index (Phi) is 7.11. The lowest BCUT2D eigenvalue weighted by Crippen LogP contribution is -2.50. The first-order valence-corrected chi connectivity index (χ1v) is 13.1. The van der Waals surface area contributed by atoms with Crippen LogP contribution in [-0.2, 0) is 27.5 Å². The number of hydrogen-bond donors (Lipinski definition) is 1. The van der Waals surface area contributed by atoms with Crippen LogP contribution in [0.2, 0.25) is 0 Å². The van der Waals surface area contributed by atoms with Crippen molar-refractivity contribution >= 4 is 20.9 Å². The van der Waals surface area contributed by atoms with E-state index in [1.54, 1.807) is 25.5 Å². The summed E-state index contributed by atoms with van der Waals surface area (Å²) < 4.78 is 132. The van der Waals surface area contributed by atoms with Gasteiger partial charge in [0.25, 0.3) is 0 Å². The minimum absolute atomic E-state index is 0.0312. The second-order valence-corrected chi connectivity index (χ2v) is 12.5. The van der Waals surface area contributed by atoms with Crippen molar-refractivity contribution in [3.05, 3.63) is 59.5 Å². The number of halogens is 7. The van der Waals surface area contributed by atoms with Crippen LogP contribution in [0.25, 0.3) is 22.0 Å². The summed E-state index contributed by atoms with van der Waals surface area (Å²) in [7, 11) is -4.45. The van der Waals surface area contributed by atoms with Gasteiger partial charge in [-0.3, -0.25) is 0 Å². The number of alkyl halides is 6. The third-order valence-electron chi connectivity index (χ3n) is 6.13. The van der Waals surface area contributed by atoms with Gasteiger partial charge in [0.2, 0.25) is 10.0 Å². The molecular formula is C25H25F7N2O3S. The first-order chi connectivity index (χ1) is 17.4. The number of fused-ring (bicyclic) bond motifs is 1. The van der Waals surface area contributed by atoms with Crippen LogP contribution in [0.3, 0.4) is 0 Å². The maximum atomic E-state index is 15.4. The zero-order chi connectivity index (χ0) is 28.3. The lowest BCUT2D eigenvalue weighted by molar-refractivity contribution is -0.153. The molecule has 0 amide bonds. The van der Waals surface area contributed by atoms with E-state index in [0.717, 1.165) is 36.5 Å². The highest BCUT2D eigenvalue weighted by atomic mass is 32.2. The molecule has 5 nitrogen and oxygen atoms in total. The summed E-state index contributed by atoms with van der Waals surface area (Å²) in [6.45, 7) is 4.97. The molecular weight excluding hydrogens is 541 g/mol. The molecule has 38 heavy (non-hydrogen) atoms. The summed E-state index contributed by atoms with van der Waals surface area (Å²) in [5, 5.41) is -1.44. The number of nitrogens with zero attached hydrogens (tertiary/aromatic N) is 1. The summed E-state index contributed by atoms with van der Waals surface area (Å²) in [6, 6.07) is 3.40. The summed E-state index contributed by atoms with van der Waals surface area (Å²) in [5.74, 6) is -1.18. The van der Waals surface area contributed by atoms with Crippen molar-refractivity contribution in [2.75, 3.05) is 13.2 Å². The number of ether oxygens (including phenoxy) is 1. The molecule has 1 saturated heterocycles. The van der Waals surface area contributed by atoms with E-state index >= 15 is 4.39 Å². The summed E-state index contributed by atoms with van der Waals surface area (Å²) in [6.07, 6.45) is -8.83. The minimum atomic E-state index is -5.10. The first-order valence-electron chi connectivity index (χ1n) is 11.5. The van der Waals surface area contributed by atoms with Crippen LogP contribution in [0.4, 0.5) is 30.7 Å². The highest BCUT2D eigenvalue weighted by molar-refractivity contribution is 7.90. The minimum Gasteiger partial charge on any atom is -0.378 e. The van der Waals surface area contributed by atoms with Crippen LogP contribution >= 0.6 is 0 Å². The van der Waals surface area contributed by atoms with Crippen molar-refractivity contribution in [2.45, 2.75) is 51.0 Å². The van der Waals surface area contributed by atoms with Crippen LogP contribution in [0.1, 0.15) is 37.9 Å². The van der Waals surface area contributed by atoms with Gasteiger partial charge >= 0.3 is 12.4 Å². The molecule has 208 valence electrons. The molecule has 4 rings (SSSR count). The zero-order valence-corrected chi connectivity index (χ0v) is 21.4. The van der Waals surface area contributed by atoms with Crippen molar-refractivity contribution < 1.29 is 43.9 Å². The van der Waals surface area contributed by atoms with E-state index in [1.807, 2.05) is 0 Å². The van der Waals surface area contributed by atoms with Crippen LogP contribution in [0, 0.1) is 11.2 Å². The highest BCUT2D eigenvalue weighted by Gasteiger charge is 2.47. The maximum absolute atomic E-state index is 15.4. The van der Waals surface area contributed by atoms with E-state index in [2.05, 4.69) is 0 Å². The molecule has 0 aliphatic carbocycles. The van der Waals surface area contributed by atoms with Gasteiger partial charge in [-0.25, -0.2) is 12.8 Å². The van der Waals surface area contributed by atoms with Gasteiger partial charge in [-0.15, -0.1) is 0 Å². The zero-order valence-electron chi connectivity index (χ0n) is 20.5. The predicted molar refractivity (Wildman–Crippen MR) is 127 cm³/mol. The smallest absolute Gasteiger partial charge is 0.378 e. The van der Waals surface area contributed by atoms with Gasteiger partial charge in [0, 0.05) is 34.8 Å². The second-order valence-electron chi connectivity index (χ2n) is 10.5. The Morgan fingerprint density at radius 2 is 1.66 bits per heavy atom. The van der Waals surface area contributed by atoms with Crippen molar-refractivity contribution in [1.82, 2.24) is 9.29 Å². The fourth-order valence-electron chi connectivity index (χ4n) is 4.34. The van der Waals surface area contributed by atoms with E-state index in [-0.39, 0.29) is 30.7 Å². The summed E-state index contributed by atoms with van der Waals surface area (Å²) in [5.41, 5.74) is -3.04. The van der Waals surface area contributed by atoms with Crippen LogP contribution in [-0.4, -0.2) is 37.6 Å². The highest BCUT2D eigenvalue weighted by Crippen LogP contribution is 2.43. The summed E-state index contributed by atoms with van der Waals surface area (Å²) >= 11 is 0. The Morgan fingerprint density at radius 3 is 2.18 bits per heavy atom. The fraction of sp³-hybridized carbons (Fsp3) is 0.440. The molecule has 1 unspecified atom stereocenters. The Labute approximate surface area is 214 Å². The number of hydrogen-bond acceptors (Lipinski definition) is 3. The van der Waals surface area contributed by atoms with Crippen molar-refractivity contribution in [2.24, 2.45) is 5.41 Å². The fourth-order valence-corrected chi connectivity index (χ4v) is 5.67. The SMILES string of the molecule is CC(C)(C)Cn1cc(C(NS(=O)(=O)C2COC2)C(F)(F)F)c2cc(F)c(-c3ccccc3C(F)(F)F)cc21. The van der Waals surface area contributed by atoms with E-state index in [1.165, 1.54) is 10.6 Å². The van der Waals surface area contributed by atoms with E-state index < -0.39 is 67.2 Å². The van der Waals surface area contributed by atoms with Crippen molar-refractivity contribution in [3.63, 3.8) is 0 Å². The van der Waals surface area contributed by atoms with Crippen LogP contribution in [0.5, 0.6) is 0 Å². The number of rotatable bonds is 6. The molecule has 3 aromatic rings. The molecule has 1 aliphatic rings. The van der Waals surface area contributed by atoms with E-state index in [4.69, 9.17) is 4.74 Å². The Morgan fingerprint density at radius 1 is 1.03 bits per heavy atom. The predicted octanol–water partition coefficient (Wildman–Crippen LogP) is 6.43. The average molecular weight is 567 g/mol. The topological polar surface area (TPSA) is 60.3 Å². The number of sulfonamides is 1. The normalized spacial score (nSPS) is 16.6. The monoisotopic (exact) mass is 566 g/mol. The van der Waals surface area contributed by atoms with Crippen molar-refractivity contribution in [1.29, 1.82) is 0 Å². The van der Waals surface area contributed by atoms with Crippen LogP contribution < -0.4 is 4.72 Å². The molecule has 0 spiro atoms. The van der Waals surface area contributed by atoms with E-state index in [9.17, 15) is 34.8 Å². The molecule has 0 radical (unpaired) electrons. The first kappa shape index (κ1) is 28.4. The molecule has 1 N–H and O–H groups in total. The quantitative estimate of drug-likeness (QED) is 0.350. The second kappa shape index (κ2) is 9.53. The lowest BCUT2D eigenvalue weighted by Gasteiger charge is -2.29. The van der Waals surface area contributed by atoms with Gasteiger partial charge < -0.3 is 9.30 Å². The van der Waals surface area contributed by atoms with Gasteiger partial charge in [0.1, 0.15) is 17.1 Å². The third kappa shape index (κ3) is 5.69. The average Bonchev–Trinajstić information content (AvgIpc) is 3.03. The summed E-state index contributed by atoms with van der Waals surface area (Å²) in [4.78, 5) is 0. The standard InChI is InChI=1S/C25H25F7N2O3S/c1-23(2,3)13-34-10-18(22(25(30,31)32)33-38(35,36)14-11-37-12-14)17-8-20(26)16(9-21(17)34)15-6-4-5-7-19(15)24(27,28)29/h4-10,14,22,33H,11-13H2,1-3H3. The molecule has 13 heteroatoms. The van der Waals surface area contributed by atoms with E-state index in [0.29, 0.717) is 0 Å². The maximum Gasteiger partial charge on any atom is 0.417 e. The number of aromatic nitrogens is 1. The lowest BCUT2D eigenvalue weighted by atomic mass is 9.95. The number of nitrogens with one attached hydrogen (secondary N) is 1. The van der Waals surface area contributed by atoms with Gasteiger partial charge in [-0.1, -0.05) is 39.0 Å². The molecule has 1 atom stereocenters. The molecule has 2 heterocycles. The Hall–Kier alpha value is -2.64. The Balaban J connectivity index is 1.95. The molecule has 2 aromatic carbocycles. The largest absolute Gasteiger partial charge is 0.417 e. The molecule has 1 aliphatic heterocycles. The van der Waals surface area contributed by atoms with Gasteiger partial charge in [0.05, 0.1) is 18.8 Å². The number of benzene rings is 2. The molecule has 0 saturated carbocycles. The molecule has 1 fully saturated rings. The van der Waals surface area contributed by atoms with Crippen molar-refractivity contribution in [3.8, 4) is 11.1 Å². The third-order valence-corrected chi connectivity index (χ3v) is 7.85. The molecule has 0 bridgehead atoms. The van der Waals surface area contributed by atoms with Gasteiger partial charge in [-0.2, -0.15) is 31.1 Å². The Bertz CT molecular complexity index is 1450. The van der Waals surface area contributed by atoms with Gasteiger partial charge in [0.15, 0.2) is 0 Å². The molecule has 1 aromatic heterocycles. The van der Waals surface area contributed by atoms with Crippen LogP contribution in [0.15, 0.2) is 42.6 Å². The van der Waals surface area contributed by atoms with Gasteiger partial charge in [-0.05, 0) is 29.2 Å².